The molecule has 1 aliphatic rings. The summed E-state index contributed by atoms with van der Waals surface area (Å²) in [5.41, 5.74) is 3.34. The van der Waals surface area contributed by atoms with E-state index in [2.05, 4.69) is 24.4 Å². The van der Waals surface area contributed by atoms with Gasteiger partial charge in [0.1, 0.15) is 5.75 Å². The van der Waals surface area contributed by atoms with Crippen molar-refractivity contribution >= 4 is 6.03 Å². The van der Waals surface area contributed by atoms with Crippen LogP contribution in [0.2, 0.25) is 0 Å². The molecular weight excluding hydrogens is 216 g/mol. The third kappa shape index (κ3) is 2.07. The van der Waals surface area contributed by atoms with Crippen LogP contribution in [0.1, 0.15) is 22.7 Å². The number of rotatable bonds is 2. The number of hydrogen-bond acceptors (Lipinski definition) is 2. The predicted molar refractivity (Wildman–Crippen MR) is 66.4 cm³/mol. The predicted octanol–water partition coefficient (Wildman–Crippen LogP) is 2.01. The Kier molecular flexibility index (Phi) is 2.96. The summed E-state index contributed by atoms with van der Waals surface area (Å²) < 4.78 is 5.44. The number of nitrogens with one attached hydrogen (secondary N) is 1. The van der Waals surface area contributed by atoms with E-state index in [1.54, 1.807) is 19.1 Å². The van der Waals surface area contributed by atoms with Crippen molar-refractivity contribution in [3.8, 4) is 5.75 Å². The summed E-state index contributed by atoms with van der Waals surface area (Å²) in [5, 5.41) is 2.96. The topological polar surface area (TPSA) is 41.6 Å². The van der Waals surface area contributed by atoms with Crippen LogP contribution >= 0.6 is 0 Å². The fourth-order valence-corrected chi connectivity index (χ4v) is 2.36. The van der Waals surface area contributed by atoms with Gasteiger partial charge in [0.05, 0.1) is 13.2 Å². The number of ether oxygens (including phenoxy) is 1. The molecule has 1 aliphatic heterocycles. The van der Waals surface area contributed by atoms with Crippen LogP contribution in [-0.4, -0.2) is 31.6 Å². The van der Waals surface area contributed by atoms with Gasteiger partial charge in [-0.15, -0.1) is 0 Å². The zero-order chi connectivity index (χ0) is 12.6. The fourth-order valence-electron chi connectivity index (χ4n) is 2.36. The van der Waals surface area contributed by atoms with E-state index in [-0.39, 0.29) is 12.1 Å². The Balaban J connectivity index is 2.41. The zero-order valence-corrected chi connectivity index (χ0v) is 10.7. The molecule has 1 unspecified atom stereocenters. The van der Waals surface area contributed by atoms with Crippen LogP contribution in [0.25, 0.3) is 0 Å². The van der Waals surface area contributed by atoms with Gasteiger partial charge < -0.3 is 15.0 Å². The van der Waals surface area contributed by atoms with E-state index in [0.717, 1.165) is 16.9 Å². The second-order valence-corrected chi connectivity index (χ2v) is 4.59. The van der Waals surface area contributed by atoms with Crippen LogP contribution in [0.4, 0.5) is 4.79 Å². The highest BCUT2D eigenvalue weighted by molar-refractivity contribution is 5.77. The zero-order valence-electron chi connectivity index (χ0n) is 10.7. The van der Waals surface area contributed by atoms with Crippen molar-refractivity contribution in [2.24, 2.45) is 0 Å². The number of nitrogens with zero attached hydrogens (tertiary/aromatic N) is 1. The van der Waals surface area contributed by atoms with Gasteiger partial charge in [0.25, 0.3) is 0 Å². The Labute approximate surface area is 102 Å². The molecule has 1 aromatic rings. The van der Waals surface area contributed by atoms with E-state index in [0.29, 0.717) is 6.54 Å². The molecule has 0 saturated carbocycles. The van der Waals surface area contributed by atoms with Crippen molar-refractivity contribution in [3.05, 3.63) is 28.8 Å². The van der Waals surface area contributed by atoms with E-state index >= 15 is 0 Å². The van der Waals surface area contributed by atoms with E-state index in [4.69, 9.17) is 4.74 Å². The molecule has 92 valence electrons. The van der Waals surface area contributed by atoms with Gasteiger partial charge in [-0.05, 0) is 19.4 Å². The molecule has 1 heterocycles. The molecule has 1 N–H and O–H groups in total. The lowest BCUT2D eigenvalue weighted by atomic mass is 10.00. The maximum absolute atomic E-state index is 11.5. The van der Waals surface area contributed by atoms with Gasteiger partial charge in [-0.1, -0.05) is 17.7 Å². The van der Waals surface area contributed by atoms with Crippen LogP contribution in [0, 0.1) is 13.8 Å². The molecule has 2 amide bonds. The van der Waals surface area contributed by atoms with Gasteiger partial charge in [-0.3, -0.25) is 0 Å². The number of amides is 2. The smallest absolute Gasteiger partial charge is 0.317 e. The molecule has 0 bridgehead atoms. The molecule has 1 atom stereocenters. The largest absolute Gasteiger partial charge is 0.496 e. The van der Waals surface area contributed by atoms with Crippen LogP contribution < -0.4 is 10.1 Å². The Bertz CT molecular complexity index is 457. The average Bonchev–Trinajstić information content (AvgIpc) is 2.58. The van der Waals surface area contributed by atoms with Crippen LogP contribution in [0.15, 0.2) is 12.1 Å². The highest BCUT2D eigenvalue weighted by atomic mass is 16.5. The van der Waals surface area contributed by atoms with Crippen molar-refractivity contribution in [2.75, 3.05) is 20.7 Å². The van der Waals surface area contributed by atoms with Gasteiger partial charge in [0.15, 0.2) is 0 Å². The van der Waals surface area contributed by atoms with Crippen molar-refractivity contribution < 1.29 is 9.53 Å². The first-order chi connectivity index (χ1) is 8.02. The number of benzene rings is 1. The molecule has 1 fully saturated rings. The maximum atomic E-state index is 11.5. The number of likely N-dealkylation sites (N-methyl/N-ethyl adjacent to an activating group) is 1. The Morgan fingerprint density at radius 3 is 2.65 bits per heavy atom. The summed E-state index contributed by atoms with van der Waals surface area (Å²) in [6, 6.07) is 4.15. The molecule has 0 radical (unpaired) electrons. The standard InChI is InChI=1S/C13H18N2O2/c1-8-5-9(2)12(17-4)10(6-8)11-7-15(3)13(16)14-11/h5-6,11H,7H2,1-4H3,(H,14,16). The van der Waals surface area contributed by atoms with Crippen molar-refractivity contribution in [1.29, 1.82) is 0 Å². The minimum atomic E-state index is -0.0313. The number of urea groups is 1. The molecular formula is C13H18N2O2. The fraction of sp³-hybridized carbons (Fsp3) is 0.462. The molecule has 17 heavy (non-hydrogen) atoms. The molecule has 4 heteroatoms. The summed E-state index contributed by atoms with van der Waals surface area (Å²) in [6.07, 6.45) is 0. The van der Waals surface area contributed by atoms with Crippen molar-refractivity contribution in [2.45, 2.75) is 19.9 Å². The Hall–Kier alpha value is -1.71. The van der Waals surface area contributed by atoms with Crippen LogP contribution in [0.5, 0.6) is 5.75 Å². The van der Waals surface area contributed by atoms with E-state index in [9.17, 15) is 4.79 Å². The molecule has 0 aliphatic carbocycles. The first kappa shape index (κ1) is 11.8. The minimum absolute atomic E-state index is 0.0149. The minimum Gasteiger partial charge on any atom is -0.496 e. The van der Waals surface area contributed by atoms with E-state index in [1.807, 2.05) is 6.92 Å². The monoisotopic (exact) mass is 234 g/mol. The summed E-state index contributed by atoms with van der Waals surface area (Å²) in [4.78, 5) is 13.2. The van der Waals surface area contributed by atoms with Gasteiger partial charge in [-0.2, -0.15) is 0 Å². The highest BCUT2D eigenvalue weighted by Gasteiger charge is 2.29. The second kappa shape index (κ2) is 4.28. The van der Waals surface area contributed by atoms with Gasteiger partial charge in [-0.25, -0.2) is 4.79 Å². The number of carbonyl (C=O) groups is 1. The maximum Gasteiger partial charge on any atom is 0.317 e. The molecule has 4 nitrogen and oxygen atoms in total. The lowest BCUT2D eigenvalue weighted by Gasteiger charge is -2.17. The Morgan fingerprint density at radius 2 is 2.12 bits per heavy atom. The third-order valence-corrected chi connectivity index (χ3v) is 3.13. The molecule has 1 saturated heterocycles. The van der Waals surface area contributed by atoms with Crippen LogP contribution in [0.3, 0.4) is 0 Å². The lowest BCUT2D eigenvalue weighted by molar-refractivity contribution is 0.226. The number of methoxy groups -OCH3 is 1. The van der Waals surface area contributed by atoms with Crippen LogP contribution in [-0.2, 0) is 0 Å². The van der Waals surface area contributed by atoms with Crippen molar-refractivity contribution in [1.82, 2.24) is 10.2 Å². The first-order valence-corrected chi connectivity index (χ1v) is 5.69. The molecule has 2 rings (SSSR count). The van der Waals surface area contributed by atoms with Gasteiger partial charge in [0, 0.05) is 19.2 Å². The third-order valence-electron chi connectivity index (χ3n) is 3.13. The highest BCUT2D eigenvalue weighted by Crippen LogP contribution is 2.32. The molecule has 0 spiro atoms. The van der Waals surface area contributed by atoms with E-state index < -0.39 is 0 Å². The quantitative estimate of drug-likeness (QED) is 0.850. The summed E-state index contributed by atoms with van der Waals surface area (Å²) in [5.74, 6) is 0.871. The van der Waals surface area contributed by atoms with Crippen molar-refractivity contribution in [3.63, 3.8) is 0 Å². The first-order valence-electron chi connectivity index (χ1n) is 5.69. The van der Waals surface area contributed by atoms with Gasteiger partial charge >= 0.3 is 6.03 Å². The number of hydrogen-bond donors (Lipinski definition) is 1. The van der Waals surface area contributed by atoms with E-state index in [1.165, 1.54) is 5.56 Å². The SMILES string of the molecule is COc1c(C)cc(C)cc1C1CN(C)C(=O)N1. The summed E-state index contributed by atoms with van der Waals surface area (Å²) >= 11 is 0. The lowest BCUT2D eigenvalue weighted by Crippen LogP contribution is -2.24. The average molecular weight is 234 g/mol. The molecule has 1 aromatic carbocycles. The number of aryl methyl sites for hydroxylation is 2. The summed E-state index contributed by atoms with van der Waals surface area (Å²) in [7, 11) is 3.46. The normalized spacial score (nSPS) is 19.4. The molecule has 0 aromatic heterocycles. The Morgan fingerprint density at radius 1 is 1.41 bits per heavy atom. The summed E-state index contributed by atoms with van der Waals surface area (Å²) in [6.45, 7) is 4.75. The van der Waals surface area contributed by atoms with Gasteiger partial charge in [0.2, 0.25) is 0 Å². The second-order valence-electron chi connectivity index (χ2n) is 4.59. The number of carbonyl (C=O) groups excluding carboxylic acids is 1.